The third kappa shape index (κ3) is 4.04. The predicted octanol–water partition coefficient (Wildman–Crippen LogP) is 2.08. The van der Waals surface area contributed by atoms with Crippen LogP contribution in [0.3, 0.4) is 0 Å². The van der Waals surface area contributed by atoms with Gasteiger partial charge in [0.15, 0.2) is 6.29 Å². The number of hydrogen-bond donors (Lipinski definition) is 7. The molecule has 2 aliphatic heterocycles. The Balaban J connectivity index is 1.15. The van der Waals surface area contributed by atoms with Crippen molar-refractivity contribution < 1.29 is 50.0 Å². The number of aliphatic hydroxyl groups is 7. The van der Waals surface area contributed by atoms with E-state index >= 15 is 0 Å². The molecule has 2 heterocycles. The Labute approximate surface area is 267 Å². The van der Waals surface area contributed by atoms with Gasteiger partial charge >= 0.3 is 0 Å². The molecule has 7 rings (SSSR count). The summed E-state index contributed by atoms with van der Waals surface area (Å²) in [5.74, 6) is -0.661. The number of hydrogen-bond acceptors (Lipinski definition) is 10. The average Bonchev–Trinajstić information content (AvgIpc) is 3.84. The maximum Gasteiger partial charge on any atom is 0.203 e. The lowest BCUT2D eigenvalue weighted by atomic mass is 9.41. The predicted molar refractivity (Wildman–Crippen MR) is 162 cm³/mol. The van der Waals surface area contributed by atoms with Gasteiger partial charge in [-0.3, -0.25) is 0 Å². The van der Waals surface area contributed by atoms with Crippen LogP contribution in [-0.4, -0.2) is 103 Å². The Hall–Kier alpha value is -0.400. The minimum absolute atomic E-state index is 0.000892. The van der Waals surface area contributed by atoms with Crippen LogP contribution in [0.15, 0.2) is 0 Å². The largest absolute Gasteiger partial charge is 0.396 e. The van der Waals surface area contributed by atoms with Crippen LogP contribution in [0.5, 0.6) is 0 Å². The van der Waals surface area contributed by atoms with Crippen molar-refractivity contribution in [3.05, 3.63) is 0 Å². The molecule has 7 aliphatic rings. The van der Waals surface area contributed by atoms with Gasteiger partial charge in [0, 0.05) is 22.9 Å². The lowest BCUT2D eigenvalue weighted by Crippen LogP contribution is -2.63. The van der Waals surface area contributed by atoms with E-state index in [1.807, 2.05) is 13.8 Å². The van der Waals surface area contributed by atoms with Gasteiger partial charge in [-0.25, -0.2) is 0 Å². The fraction of sp³-hybridized carbons (Fsp3) is 1.00. The molecule has 2 saturated heterocycles. The second-order valence-corrected chi connectivity index (χ2v) is 18.0. The van der Waals surface area contributed by atoms with Crippen molar-refractivity contribution in [1.82, 2.24) is 0 Å². The lowest BCUT2D eigenvalue weighted by molar-refractivity contribution is -0.323. The zero-order valence-electron chi connectivity index (χ0n) is 28.0. The van der Waals surface area contributed by atoms with Crippen molar-refractivity contribution in [2.45, 2.75) is 154 Å². The molecule has 0 radical (unpaired) electrons. The Bertz CT molecular complexity index is 1170. The fourth-order valence-corrected chi connectivity index (χ4v) is 13.2. The number of fused-ring (bicyclic) bond motifs is 3. The first kappa shape index (κ1) is 33.1. The summed E-state index contributed by atoms with van der Waals surface area (Å²) < 4.78 is 18.5. The number of aliphatic hydroxyl groups excluding tert-OH is 6. The topological polar surface area (TPSA) is 173 Å². The summed E-state index contributed by atoms with van der Waals surface area (Å²) in [4.78, 5) is 0. The monoisotopic (exact) mass is 638 g/mol. The van der Waals surface area contributed by atoms with Gasteiger partial charge in [0.1, 0.15) is 24.4 Å². The molecule has 5 saturated carbocycles. The van der Waals surface area contributed by atoms with E-state index in [0.717, 1.165) is 51.4 Å². The summed E-state index contributed by atoms with van der Waals surface area (Å²) in [6, 6.07) is 0. The SMILES string of the molecule is C[C@@H](CCCC(C)(C)O)[C@H]1[C@@H](O)[C@H](O)[C@@]2(C)[C@@H]3CCC4C(C)(C)[C@]5(O[C@@H]6OC[C@@H](O)[C@H](O)[C@H]6O)OC5C[C@@]45CC35CC[C@]12CO. The van der Waals surface area contributed by atoms with E-state index in [1.54, 1.807) is 0 Å². The van der Waals surface area contributed by atoms with Crippen LogP contribution in [-0.2, 0) is 14.2 Å². The first-order valence-corrected chi connectivity index (χ1v) is 17.6. The van der Waals surface area contributed by atoms with Crippen molar-refractivity contribution >= 4 is 0 Å². The molecule has 0 amide bonds. The van der Waals surface area contributed by atoms with Crippen LogP contribution >= 0.6 is 0 Å². The molecule has 16 atom stereocenters. The first-order valence-electron chi connectivity index (χ1n) is 17.6. The van der Waals surface area contributed by atoms with Gasteiger partial charge in [-0.15, -0.1) is 0 Å². The molecule has 3 unspecified atom stereocenters. The summed E-state index contributed by atoms with van der Waals surface area (Å²) in [5, 5.41) is 76.2. The molecular formula is C35H58O10. The number of ether oxygens (including phenoxy) is 3. The van der Waals surface area contributed by atoms with Gasteiger partial charge in [0.2, 0.25) is 5.79 Å². The van der Waals surface area contributed by atoms with Crippen LogP contribution in [0.4, 0.5) is 0 Å². The minimum atomic E-state index is -1.38. The van der Waals surface area contributed by atoms with Gasteiger partial charge in [-0.2, -0.15) is 0 Å². The zero-order chi connectivity index (χ0) is 32.8. The molecule has 45 heavy (non-hydrogen) atoms. The number of rotatable bonds is 8. The molecule has 2 spiro atoms. The van der Waals surface area contributed by atoms with E-state index in [-0.39, 0.29) is 53.8 Å². The number of epoxide rings is 1. The van der Waals surface area contributed by atoms with Gasteiger partial charge in [0.25, 0.3) is 0 Å². The van der Waals surface area contributed by atoms with Crippen LogP contribution in [0.1, 0.15) is 99.3 Å². The summed E-state index contributed by atoms with van der Waals surface area (Å²) in [5.41, 5.74) is -2.41. The van der Waals surface area contributed by atoms with E-state index in [0.29, 0.717) is 6.42 Å². The molecule has 7 N–H and O–H groups in total. The maximum absolute atomic E-state index is 12.0. The van der Waals surface area contributed by atoms with E-state index in [4.69, 9.17) is 14.2 Å². The Morgan fingerprint density at radius 2 is 1.62 bits per heavy atom. The molecule has 0 aromatic heterocycles. The van der Waals surface area contributed by atoms with Crippen molar-refractivity contribution in [2.75, 3.05) is 13.2 Å². The smallest absolute Gasteiger partial charge is 0.203 e. The molecule has 10 heteroatoms. The van der Waals surface area contributed by atoms with Crippen molar-refractivity contribution in [3.63, 3.8) is 0 Å². The zero-order valence-corrected chi connectivity index (χ0v) is 28.0. The maximum atomic E-state index is 12.0. The Kier molecular flexibility index (Phi) is 7.42. The van der Waals surface area contributed by atoms with E-state index in [2.05, 4.69) is 27.7 Å². The molecule has 0 bridgehead atoms. The van der Waals surface area contributed by atoms with Gasteiger partial charge in [0.05, 0.1) is 24.4 Å². The van der Waals surface area contributed by atoms with Gasteiger partial charge < -0.3 is 50.0 Å². The lowest BCUT2D eigenvalue weighted by Gasteiger charge is -2.63. The molecule has 7 fully saturated rings. The summed E-state index contributed by atoms with van der Waals surface area (Å²) in [6.45, 7) is 12.1. The first-order chi connectivity index (χ1) is 20.9. The highest BCUT2D eigenvalue weighted by Crippen LogP contribution is 2.91. The second kappa shape index (κ2) is 10.1. The fourth-order valence-electron chi connectivity index (χ4n) is 13.2. The highest BCUT2D eigenvalue weighted by atomic mass is 16.8. The molecule has 10 nitrogen and oxygen atoms in total. The van der Waals surface area contributed by atoms with Gasteiger partial charge in [-0.05, 0) is 93.3 Å². The standard InChI is InChI=1S/C35H58O10/c1-18(8-7-11-29(2,3)42)23-25(39)27(41)31(6)21-10-9-20-30(4,5)35(45-28-26(40)24(38)19(37)15-43-28)22(44-35)14-34(20)16-32(21,34)12-13-33(23,31)17-36/h18-28,36-42H,7-17H2,1-6H3/t18-,19+,20?,21-,22?,23-,24-,25+,26+,27-,28-,31+,32?,33-,34+,35-/m0/s1. The summed E-state index contributed by atoms with van der Waals surface area (Å²) >= 11 is 0. The second-order valence-electron chi connectivity index (χ2n) is 18.0. The quantitative estimate of drug-likeness (QED) is 0.154. The minimum Gasteiger partial charge on any atom is -0.396 e. The summed E-state index contributed by atoms with van der Waals surface area (Å²) in [6.07, 6.45) is 0.620. The Morgan fingerprint density at radius 1 is 0.933 bits per heavy atom. The normalized spacial score (nSPS) is 56.7. The third-order valence-electron chi connectivity index (χ3n) is 15.4. The highest BCUT2D eigenvalue weighted by molar-refractivity contribution is 5.35. The van der Waals surface area contributed by atoms with Crippen molar-refractivity contribution in [1.29, 1.82) is 0 Å². The molecule has 0 aromatic carbocycles. The molecule has 0 aromatic rings. The molecular weight excluding hydrogens is 580 g/mol. The van der Waals surface area contributed by atoms with Crippen molar-refractivity contribution in [3.8, 4) is 0 Å². The van der Waals surface area contributed by atoms with Crippen LogP contribution < -0.4 is 0 Å². The highest BCUT2D eigenvalue weighted by Gasteiger charge is 2.90. The van der Waals surface area contributed by atoms with Gasteiger partial charge in [-0.1, -0.05) is 40.5 Å². The van der Waals surface area contributed by atoms with Crippen LogP contribution in [0, 0.1) is 50.7 Å². The third-order valence-corrected chi connectivity index (χ3v) is 15.4. The van der Waals surface area contributed by atoms with Crippen LogP contribution in [0.2, 0.25) is 0 Å². The molecule has 258 valence electrons. The van der Waals surface area contributed by atoms with Crippen LogP contribution in [0.25, 0.3) is 0 Å². The van der Waals surface area contributed by atoms with Crippen molar-refractivity contribution in [2.24, 2.45) is 50.7 Å². The van der Waals surface area contributed by atoms with E-state index < -0.39 is 64.4 Å². The van der Waals surface area contributed by atoms with E-state index in [9.17, 15) is 35.7 Å². The average molecular weight is 639 g/mol. The molecule has 5 aliphatic carbocycles. The van der Waals surface area contributed by atoms with E-state index in [1.165, 1.54) is 0 Å². The summed E-state index contributed by atoms with van der Waals surface area (Å²) in [7, 11) is 0. The Morgan fingerprint density at radius 3 is 2.29 bits per heavy atom.